The molecule has 128 valence electrons. The van der Waals surface area contributed by atoms with Gasteiger partial charge < -0.3 is 21.1 Å². The first-order valence-electron chi connectivity index (χ1n) is 7.72. The zero-order valence-electron chi connectivity index (χ0n) is 13.6. The Bertz CT molecular complexity index is 716. The molecule has 2 aliphatic rings. The van der Waals surface area contributed by atoms with Crippen molar-refractivity contribution in [2.45, 2.75) is 25.3 Å². The van der Waals surface area contributed by atoms with Crippen LogP contribution in [0.2, 0.25) is 0 Å². The van der Waals surface area contributed by atoms with Crippen molar-refractivity contribution in [3.63, 3.8) is 0 Å². The van der Waals surface area contributed by atoms with Crippen molar-refractivity contribution in [1.29, 1.82) is 0 Å². The lowest BCUT2D eigenvalue weighted by Gasteiger charge is -2.20. The Morgan fingerprint density at radius 1 is 1.46 bits per heavy atom. The Morgan fingerprint density at radius 2 is 2.17 bits per heavy atom. The molecule has 8 heteroatoms. The van der Waals surface area contributed by atoms with Crippen molar-refractivity contribution in [2.75, 3.05) is 24.7 Å². The molecule has 2 fully saturated rings. The maximum absolute atomic E-state index is 12.5. The van der Waals surface area contributed by atoms with Crippen LogP contribution in [0.25, 0.3) is 0 Å². The number of methoxy groups -OCH3 is 1. The highest BCUT2D eigenvalue weighted by Crippen LogP contribution is 2.42. The first kappa shape index (κ1) is 16.1. The zero-order valence-corrected chi connectivity index (χ0v) is 13.6. The topological polar surface area (TPSA) is 114 Å². The lowest BCUT2D eigenvalue weighted by Crippen LogP contribution is -2.46. The number of nitrogens with two attached hydrogens (primary N) is 1. The minimum absolute atomic E-state index is 0.156. The molecule has 0 aromatic heterocycles. The van der Waals surface area contributed by atoms with Crippen LogP contribution in [0.5, 0.6) is 5.75 Å². The van der Waals surface area contributed by atoms with E-state index in [1.54, 1.807) is 25.1 Å². The number of amides is 4. The van der Waals surface area contributed by atoms with Gasteiger partial charge in [-0.25, -0.2) is 4.79 Å². The highest BCUT2D eigenvalue weighted by Gasteiger charge is 2.56. The van der Waals surface area contributed by atoms with Gasteiger partial charge in [0.25, 0.3) is 5.91 Å². The highest BCUT2D eigenvalue weighted by atomic mass is 16.5. The molecule has 1 atom stereocenters. The fourth-order valence-corrected chi connectivity index (χ4v) is 2.95. The van der Waals surface area contributed by atoms with Crippen LogP contribution in [0.4, 0.5) is 16.2 Å². The van der Waals surface area contributed by atoms with E-state index in [1.165, 1.54) is 7.11 Å². The highest BCUT2D eigenvalue weighted by molar-refractivity contribution is 6.10. The largest absolute Gasteiger partial charge is 0.495 e. The number of carbonyl (C=O) groups is 3. The molecule has 8 nitrogen and oxygen atoms in total. The molecular formula is C16H20N4O4. The van der Waals surface area contributed by atoms with E-state index in [0.717, 1.165) is 17.7 Å². The number of benzene rings is 1. The first-order chi connectivity index (χ1) is 11.3. The van der Waals surface area contributed by atoms with Gasteiger partial charge in [0.15, 0.2) is 0 Å². The van der Waals surface area contributed by atoms with Crippen LogP contribution in [0.15, 0.2) is 18.2 Å². The van der Waals surface area contributed by atoms with Crippen molar-refractivity contribution in [2.24, 2.45) is 5.92 Å². The minimum atomic E-state index is -0.887. The van der Waals surface area contributed by atoms with Gasteiger partial charge in [0.2, 0.25) is 5.91 Å². The molecule has 1 unspecified atom stereocenters. The summed E-state index contributed by atoms with van der Waals surface area (Å²) in [5.41, 5.74) is 5.75. The van der Waals surface area contributed by atoms with Crippen LogP contribution in [-0.4, -0.2) is 41.9 Å². The molecule has 3 rings (SSSR count). The number of ether oxygens (including phenoxy) is 1. The van der Waals surface area contributed by atoms with E-state index in [1.807, 2.05) is 0 Å². The Labute approximate surface area is 139 Å². The monoisotopic (exact) mass is 332 g/mol. The van der Waals surface area contributed by atoms with E-state index in [4.69, 9.17) is 10.5 Å². The maximum Gasteiger partial charge on any atom is 0.325 e. The summed E-state index contributed by atoms with van der Waals surface area (Å²) in [6.07, 6.45) is 1.82. The third kappa shape index (κ3) is 2.75. The summed E-state index contributed by atoms with van der Waals surface area (Å²) in [6.45, 7) is 1.38. The third-order valence-corrected chi connectivity index (χ3v) is 4.51. The summed E-state index contributed by atoms with van der Waals surface area (Å²) in [5, 5.41) is 5.33. The summed E-state index contributed by atoms with van der Waals surface area (Å²) >= 11 is 0. The number of nitrogens with one attached hydrogen (secondary N) is 2. The molecule has 1 saturated carbocycles. The van der Waals surface area contributed by atoms with Crippen molar-refractivity contribution in [1.82, 2.24) is 10.2 Å². The van der Waals surface area contributed by atoms with Crippen LogP contribution >= 0.6 is 0 Å². The van der Waals surface area contributed by atoms with Gasteiger partial charge in [0, 0.05) is 5.69 Å². The van der Waals surface area contributed by atoms with E-state index >= 15 is 0 Å². The van der Waals surface area contributed by atoms with Crippen molar-refractivity contribution < 1.29 is 19.1 Å². The van der Waals surface area contributed by atoms with Crippen LogP contribution in [0.1, 0.15) is 19.8 Å². The molecule has 1 aliphatic heterocycles. The predicted molar refractivity (Wildman–Crippen MR) is 87.4 cm³/mol. The van der Waals surface area contributed by atoms with Gasteiger partial charge >= 0.3 is 6.03 Å². The number of urea groups is 1. The number of carbonyl (C=O) groups excluding carboxylic acids is 3. The van der Waals surface area contributed by atoms with Gasteiger partial charge in [-0.05, 0) is 43.9 Å². The van der Waals surface area contributed by atoms with Crippen LogP contribution < -0.4 is 21.1 Å². The normalized spacial score (nSPS) is 23.2. The van der Waals surface area contributed by atoms with E-state index in [2.05, 4.69) is 10.6 Å². The zero-order chi connectivity index (χ0) is 17.5. The Balaban J connectivity index is 1.65. The van der Waals surface area contributed by atoms with E-state index in [-0.39, 0.29) is 18.4 Å². The van der Waals surface area contributed by atoms with Gasteiger partial charge in [-0.3, -0.25) is 14.5 Å². The van der Waals surface area contributed by atoms with Gasteiger partial charge in [-0.1, -0.05) is 0 Å². The minimum Gasteiger partial charge on any atom is -0.495 e. The number of anilines is 2. The van der Waals surface area contributed by atoms with Gasteiger partial charge in [-0.2, -0.15) is 0 Å². The molecular weight excluding hydrogens is 312 g/mol. The molecule has 4 amide bonds. The number of hydrogen-bond donors (Lipinski definition) is 3. The predicted octanol–water partition coefficient (Wildman–Crippen LogP) is 0.936. The van der Waals surface area contributed by atoms with Crippen LogP contribution in [0, 0.1) is 5.92 Å². The average Bonchev–Trinajstić information content (AvgIpc) is 3.34. The van der Waals surface area contributed by atoms with Gasteiger partial charge in [0.05, 0.1) is 12.8 Å². The summed E-state index contributed by atoms with van der Waals surface area (Å²) in [5.74, 6) is -0.159. The summed E-state index contributed by atoms with van der Waals surface area (Å²) < 4.78 is 5.05. The van der Waals surface area contributed by atoms with E-state index in [0.29, 0.717) is 17.1 Å². The molecule has 4 N–H and O–H groups in total. The fourth-order valence-electron chi connectivity index (χ4n) is 2.95. The second-order valence-electron chi connectivity index (χ2n) is 6.30. The van der Waals surface area contributed by atoms with Crippen molar-refractivity contribution in [3.8, 4) is 5.75 Å². The lowest BCUT2D eigenvalue weighted by atomic mass is 9.96. The Hall–Kier alpha value is -2.77. The SMILES string of the molecule is COc1ccc(NC(=O)CN2C(=O)NC(C)(C3CC3)C2=O)cc1N. The average molecular weight is 332 g/mol. The van der Waals surface area contributed by atoms with E-state index in [9.17, 15) is 14.4 Å². The lowest BCUT2D eigenvalue weighted by molar-refractivity contribution is -0.134. The molecule has 0 bridgehead atoms. The smallest absolute Gasteiger partial charge is 0.325 e. The fraction of sp³-hybridized carbons (Fsp3) is 0.438. The second kappa shape index (κ2) is 5.70. The number of hydrogen-bond acceptors (Lipinski definition) is 5. The van der Waals surface area contributed by atoms with Crippen molar-refractivity contribution >= 4 is 29.2 Å². The first-order valence-corrected chi connectivity index (χ1v) is 7.72. The molecule has 1 saturated heterocycles. The quantitative estimate of drug-likeness (QED) is 0.548. The van der Waals surface area contributed by atoms with E-state index < -0.39 is 17.5 Å². The standard InChI is InChI=1S/C16H20N4O4/c1-16(9-3-4-9)14(22)20(15(23)19-16)8-13(21)18-10-5-6-12(24-2)11(17)7-10/h5-7,9H,3-4,8,17H2,1-2H3,(H,18,21)(H,19,23). The molecule has 24 heavy (non-hydrogen) atoms. The number of rotatable bonds is 5. The summed E-state index contributed by atoms with van der Waals surface area (Å²) in [4.78, 5) is 37.6. The number of nitrogen functional groups attached to an aromatic ring is 1. The molecule has 0 spiro atoms. The van der Waals surface area contributed by atoms with Gasteiger partial charge in [0.1, 0.15) is 17.8 Å². The molecule has 1 heterocycles. The summed E-state index contributed by atoms with van der Waals surface area (Å²) in [6, 6.07) is 4.28. The Morgan fingerprint density at radius 3 is 2.75 bits per heavy atom. The van der Waals surface area contributed by atoms with Gasteiger partial charge in [-0.15, -0.1) is 0 Å². The Kier molecular flexibility index (Phi) is 3.82. The molecule has 0 radical (unpaired) electrons. The maximum atomic E-state index is 12.5. The third-order valence-electron chi connectivity index (χ3n) is 4.51. The number of nitrogens with zero attached hydrogens (tertiary/aromatic N) is 1. The number of imide groups is 1. The van der Waals surface area contributed by atoms with Crippen LogP contribution in [0.3, 0.4) is 0 Å². The molecule has 1 aromatic carbocycles. The van der Waals surface area contributed by atoms with Crippen molar-refractivity contribution in [3.05, 3.63) is 18.2 Å². The molecule has 1 aliphatic carbocycles. The molecule has 1 aromatic rings. The summed E-state index contributed by atoms with van der Waals surface area (Å²) in [7, 11) is 1.50. The van der Waals surface area contributed by atoms with Crippen LogP contribution in [-0.2, 0) is 9.59 Å². The second-order valence-corrected chi connectivity index (χ2v) is 6.30.